The fourth-order valence-corrected chi connectivity index (χ4v) is 3.77. The highest BCUT2D eigenvalue weighted by Crippen LogP contribution is 2.36. The van der Waals surface area contributed by atoms with Crippen LogP contribution in [0, 0.1) is 5.92 Å². The molecule has 1 aromatic heterocycles. The molecule has 2 heterocycles. The average Bonchev–Trinajstić information content (AvgIpc) is 2.68. The molecule has 1 aliphatic rings. The number of nitrogens with two attached hydrogens (primary N) is 1. The summed E-state index contributed by atoms with van der Waals surface area (Å²) in [6, 6.07) is 7.13. The van der Waals surface area contributed by atoms with Gasteiger partial charge in [0.15, 0.2) is 0 Å². The molecule has 1 aromatic carbocycles. The number of ether oxygens (including phenoxy) is 2. The number of carbonyl (C=O) groups excluding carboxylic acids is 1. The lowest BCUT2D eigenvalue weighted by Crippen LogP contribution is -2.41. The van der Waals surface area contributed by atoms with Gasteiger partial charge in [-0.25, -0.2) is 9.78 Å². The van der Waals surface area contributed by atoms with Gasteiger partial charge in [-0.1, -0.05) is 29.3 Å². The van der Waals surface area contributed by atoms with Gasteiger partial charge in [-0.3, -0.25) is 4.90 Å². The number of hydrogen-bond acceptors (Lipinski definition) is 5. The molecule has 30 heavy (non-hydrogen) atoms. The lowest BCUT2D eigenvalue weighted by molar-refractivity contribution is 0.0515. The molecular weight excluding hydrogens is 425 g/mol. The number of hydrogen-bond donors (Lipinski definition) is 1. The van der Waals surface area contributed by atoms with E-state index < -0.39 is 11.7 Å². The number of anilines is 2. The highest BCUT2D eigenvalue weighted by molar-refractivity contribution is 6.34. The molecule has 0 bridgehead atoms. The maximum absolute atomic E-state index is 13.1. The number of benzene rings is 1. The molecular formula is C22H27Cl2N3O3. The van der Waals surface area contributed by atoms with Crippen LogP contribution in [0.2, 0.25) is 10.0 Å². The van der Waals surface area contributed by atoms with Gasteiger partial charge in [0.2, 0.25) is 0 Å². The lowest BCUT2D eigenvalue weighted by Gasteiger charge is -2.32. The minimum Gasteiger partial charge on any atom is -0.443 e. The lowest BCUT2D eigenvalue weighted by atomic mass is 9.99. The van der Waals surface area contributed by atoms with Crippen LogP contribution in [0.5, 0.6) is 0 Å². The molecule has 0 spiro atoms. The van der Waals surface area contributed by atoms with Crippen LogP contribution in [0.3, 0.4) is 0 Å². The Morgan fingerprint density at radius 3 is 2.60 bits per heavy atom. The maximum Gasteiger partial charge on any atom is 0.414 e. The van der Waals surface area contributed by atoms with Crippen LogP contribution < -0.4 is 10.6 Å². The second kappa shape index (κ2) is 9.41. The van der Waals surface area contributed by atoms with E-state index >= 15 is 0 Å². The Kier molecular flexibility index (Phi) is 7.11. The third-order valence-corrected chi connectivity index (χ3v) is 5.44. The number of nitrogen functional groups attached to an aromatic ring is 1. The summed E-state index contributed by atoms with van der Waals surface area (Å²) in [5.74, 6) is 0.656. The van der Waals surface area contributed by atoms with Gasteiger partial charge < -0.3 is 15.2 Å². The fourth-order valence-electron chi connectivity index (χ4n) is 3.34. The van der Waals surface area contributed by atoms with E-state index in [2.05, 4.69) is 4.98 Å². The molecule has 1 fully saturated rings. The molecule has 1 aliphatic heterocycles. The number of carbonyl (C=O) groups is 1. The highest BCUT2D eigenvalue weighted by atomic mass is 35.5. The van der Waals surface area contributed by atoms with Gasteiger partial charge in [0.1, 0.15) is 11.4 Å². The first-order valence-corrected chi connectivity index (χ1v) is 10.7. The Labute approximate surface area is 187 Å². The fraction of sp³-hybridized carbons (Fsp3) is 0.455. The van der Waals surface area contributed by atoms with E-state index in [9.17, 15) is 4.79 Å². The molecule has 0 aliphatic carbocycles. The van der Waals surface area contributed by atoms with E-state index in [4.69, 9.17) is 38.4 Å². The molecule has 3 rings (SSSR count). The van der Waals surface area contributed by atoms with E-state index in [0.717, 1.165) is 24.0 Å². The zero-order valence-electron chi connectivity index (χ0n) is 17.5. The predicted octanol–water partition coefficient (Wildman–Crippen LogP) is 5.81. The van der Waals surface area contributed by atoms with E-state index in [0.29, 0.717) is 47.2 Å². The van der Waals surface area contributed by atoms with E-state index in [1.165, 1.54) is 6.20 Å². The Hall–Kier alpha value is -2.02. The smallest absolute Gasteiger partial charge is 0.414 e. The first-order chi connectivity index (χ1) is 14.1. The molecule has 0 unspecified atom stereocenters. The average molecular weight is 452 g/mol. The number of nitrogens with zero attached hydrogens (tertiary/aromatic N) is 2. The summed E-state index contributed by atoms with van der Waals surface area (Å²) in [6.45, 7) is 7.39. The summed E-state index contributed by atoms with van der Waals surface area (Å²) in [5, 5.41) is 0.917. The van der Waals surface area contributed by atoms with Crippen LogP contribution in [-0.2, 0) is 9.47 Å². The first-order valence-electron chi connectivity index (χ1n) is 9.93. The third kappa shape index (κ3) is 5.78. The van der Waals surface area contributed by atoms with E-state index in [-0.39, 0.29) is 0 Å². The Bertz CT molecular complexity index is 909. The standard InChI is InChI=1S/C22H27Cl2N3O3/c1-22(2,3)30-21(28)27(13-14-6-8-29-9-7-14)19-10-15(4-5-17(19)23)16-11-20(25)26-12-18(16)24/h4-5,10-12,14H,6-9,13H2,1-3H3,(H2,25,26). The zero-order chi connectivity index (χ0) is 21.9. The number of pyridine rings is 1. The van der Waals surface area contributed by atoms with Crippen molar-refractivity contribution in [1.29, 1.82) is 0 Å². The summed E-state index contributed by atoms with van der Waals surface area (Å²) in [5.41, 5.74) is 7.29. The number of amides is 1. The van der Waals surface area contributed by atoms with Crippen LogP contribution in [0.15, 0.2) is 30.5 Å². The molecule has 1 amide bonds. The second-order valence-electron chi connectivity index (χ2n) is 8.40. The van der Waals surface area contributed by atoms with Crippen LogP contribution in [-0.4, -0.2) is 36.4 Å². The summed E-state index contributed by atoms with van der Waals surface area (Å²) in [4.78, 5) is 18.7. The SMILES string of the molecule is CC(C)(C)OC(=O)N(CC1CCOCC1)c1cc(-c2cc(N)ncc2Cl)ccc1Cl. The van der Waals surface area contributed by atoms with E-state index in [1.807, 2.05) is 32.9 Å². The van der Waals surface area contributed by atoms with Crippen molar-refractivity contribution >= 4 is 40.8 Å². The molecule has 1 saturated heterocycles. The molecule has 0 saturated carbocycles. The van der Waals surface area contributed by atoms with Crippen molar-refractivity contribution in [2.24, 2.45) is 5.92 Å². The molecule has 2 N–H and O–H groups in total. The molecule has 0 radical (unpaired) electrons. The minimum atomic E-state index is -0.627. The normalized spacial score (nSPS) is 15.1. The third-order valence-electron chi connectivity index (χ3n) is 4.82. The number of aromatic nitrogens is 1. The van der Waals surface area contributed by atoms with Crippen molar-refractivity contribution in [2.45, 2.75) is 39.2 Å². The largest absolute Gasteiger partial charge is 0.443 e. The molecule has 8 heteroatoms. The van der Waals surface area contributed by atoms with E-state index in [1.54, 1.807) is 17.0 Å². The molecule has 6 nitrogen and oxygen atoms in total. The molecule has 162 valence electrons. The van der Waals surface area contributed by atoms with Crippen LogP contribution in [0.1, 0.15) is 33.6 Å². The van der Waals surface area contributed by atoms with Gasteiger partial charge in [-0.2, -0.15) is 0 Å². The van der Waals surface area contributed by atoms with Crippen molar-refractivity contribution in [3.05, 3.63) is 40.5 Å². The monoisotopic (exact) mass is 451 g/mol. The van der Waals surface area contributed by atoms with Crippen molar-refractivity contribution < 1.29 is 14.3 Å². The summed E-state index contributed by atoms with van der Waals surface area (Å²) >= 11 is 12.9. The zero-order valence-corrected chi connectivity index (χ0v) is 19.0. The van der Waals surface area contributed by atoms with Gasteiger partial charge in [-0.15, -0.1) is 0 Å². The summed E-state index contributed by atoms with van der Waals surface area (Å²) in [6.07, 6.45) is 2.83. The molecule has 2 aromatic rings. The summed E-state index contributed by atoms with van der Waals surface area (Å²) < 4.78 is 11.1. The van der Waals surface area contributed by atoms with Gasteiger partial charge in [0.25, 0.3) is 0 Å². The van der Waals surface area contributed by atoms with Crippen molar-refractivity contribution in [2.75, 3.05) is 30.4 Å². The quantitative estimate of drug-likeness (QED) is 0.634. The highest BCUT2D eigenvalue weighted by Gasteiger charge is 2.28. The number of halogens is 2. The molecule has 0 atom stereocenters. The Morgan fingerprint density at radius 1 is 1.23 bits per heavy atom. The summed E-state index contributed by atoms with van der Waals surface area (Å²) in [7, 11) is 0. The van der Waals surface area contributed by atoms with Gasteiger partial charge >= 0.3 is 6.09 Å². The van der Waals surface area contributed by atoms with Crippen molar-refractivity contribution in [3.63, 3.8) is 0 Å². The van der Waals surface area contributed by atoms with Crippen LogP contribution in [0.4, 0.5) is 16.3 Å². The van der Waals surface area contributed by atoms with Crippen LogP contribution in [0.25, 0.3) is 11.1 Å². The minimum absolute atomic E-state index is 0.297. The van der Waals surface area contributed by atoms with Crippen molar-refractivity contribution in [3.8, 4) is 11.1 Å². The predicted molar refractivity (Wildman–Crippen MR) is 121 cm³/mol. The number of rotatable bonds is 4. The van der Waals surface area contributed by atoms with Crippen molar-refractivity contribution in [1.82, 2.24) is 4.98 Å². The maximum atomic E-state index is 13.1. The second-order valence-corrected chi connectivity index (χ2v) is 9.22. The Balaban J connectivity index is 2.00. The van der Waals surface area contributed by atoms with Gasteiger partial charge in [0.05, 0.1) is 15.7 Å². The first kappa shape index (κ1) is 22.7. The van der Waals surface area contributed by atoms with Gasteiger partial charge in [-0.05, 0) is 63.3 Å². The Morgan fingerprint density at radius 2 is 1.93 bits per heavy atom. The van der Waals surface area contributed by atoms with Crippen LogP contribution >= 0.6 is 23.2 Å². The topological polar surface area (TPSA) is 77.7 Å². The van der Waals surface area contributed by atoms with Gasteiger partial charge in [0, 0.05) is 31.5 Å².